The lowest BCUT2D eigenvalue weighted by molar-refractivity contribution is -0.385. The highest BCUT2D eigenvalue weighted by Gasteiger charge is 2.21. The van der Waals surface area contributed by atoms with E-state index in [1.165, 1.54) is 30.0 Å². The van der Waals surface area contributed by atoms with Crippen LogP contribution in [0, 0.1) is 17.0 Å². The fourth-order valence-electron chi connectivity index (χ4n) is 2.41. The SMILES string of the molecule is COc1cn(-c2ccccc2)nc1C(=O)Oc1ccc([N+](=O)[O-])c(C)c1. The molecule has 0 N–H and O–H groups in total. The first-order valence-corrected chi connectivity index (χ1v) is 7.66. The number of ether oxygens (including phenoxy) is 2. The summed E-state index contributed by atoms with van der Waals surface area (Å²) in [5, 5.41) is 15.1. The zero-order chi connectivity index (χ0) is 18.7. The summed E-state index contributed by atoms with van der Waals surface area (Å²) in [6.07, 6.45) is 1.58. The van der Waals surface area contributed by atoms with Crippen LogP contribution in [0.4, 0.5) is 5.69 Å². The number of benzene rings is 2. The fourth-order valence-corrected chi connectivity index (χ4v) is 2.41. The van der Waals surface area contributed by atoms with Crippen molar-refractivity contribution in [1.29, 1.82) is 0 Å². The van der Waals surface area contributed by atoms with Crippen LogP contribution in [0.15, 0.2) is 54.7 Å². The molecular formula is C18H15N3O5. The van der Waals surface area contributed by atoms with Gasteiger partial charge in [0.05, 0.1) is 23.9 Å². The third kappa shape index (κ3) is 3.39. The smallest absolute Gasteiger partial charge is 0.368 e. The zero-order valence-electron chi connectivity index (χ0n) is 14.1. The summed E-state index contributed by atoms with van der Waals surface area (Å²) in [6, 6.07) is 13.3. The van der Waals surface area contributed by atoms with Crippen LogP contribution in [-0.2, 0) is 0 Å². The van der Waals surface area contributed by atoms with Gasteiger partial charge in [0.15, 0.2) is 5.75 Å². The molecular weight excluding hydrogens is 338 g/mol. The number of esters is 1. The Morgan fingerprint density at radius 1 is 1.19 bits per heavy atom. The molecule has 0 bridgehead atoms. The van der Waals surface area contributed by atoms with Crippen molar-refractivity contribution < 1.29 is 19.2 Å². The van der Waals surface area contributed by atoms with Crippen molar-refractivity contribution in [2.75, 3.05) is 7.11 Å². The number of para-hydroxylation sites is 1. The first kappa shape index (κ1) is 17.2. The average Bonchev–Trinajstić information content (AvgIpc) is 3.07. The zero-order valence-corrected chi connectivity index (χ0v) is 14.1. The molecule has 0 amide bonds. The molecule has 26 heavy (non-hydrogen) atoms. The quantitative estimate of drug-likeness (QED) is 0.302. The molecule has 0 saturated heterocycles. The summed E-state index contributed by atoms with van der Waals surface area (Å²) in [5.74, 6) is -0.267. The molecule has 0 saturated carbocycles. The highest BCUT2D eigenvalue weighted by atomic mass is 16.6. The molecule has 8 nitrogen and oxygen atoms in total. The fraction of sp³-hybridized carbons (Fsp3) is 0.111. The molecule has 0 aliphatic heterocycles. The van der Waals surface area contributed by atoms with Gasteiger partial charge in [0, 0.05) is 11.6 Å². The van der Waals surface area contributed by atoms with Crippen LogP contribution >= 0.6 is 0 Å². The maximum absolute atomic E-state index is 12.5. The van der Waals surface area contributed by atoms with E-state index in [-0.39, 0.29) is 22.9 Å². The Hall–Kier alpha value is -3.68. The highest BCUT2D eigenvalue weighted by Crippen LogP contribution is 2.25. The minimum atomic E-state index is -0.718. The van der Waals surface area contributed by atoms with Gasteiger partial charge in [-0.15, -0.1) is 0 Å². The number of aromatic nitrogens is 2. The van der Waals surface area contributed by atoms with Gasteiger partial charge >= 0.3 is 5.97 Å². The standard InChI is InChI=1S/C18H15N3O5/c1-12-10-14(8-9-15(12)21(23)24)26-18(22)17-16(25-2)11-20(19-17)13-6-4-3-5-7-13/h3-11H,1-2H3. The van der Waals surface area contributed by atoms with E-state index in [1.807, 2.05) is 30.3 Å². The van der Waals surface area contributed by atoms with Crippen LogP contribution in [0.2, 0.25) is 0 Å². The number of nitro groups is 1. The predicted octanol–water partition coefficient (Wildman–Crippen LogP) is 3.32. The van der Waals surface area contributed by atoms with E-state index in [2.05, 4.69) is 5.10 Å². The summed E-state index contributed by atoms with van der Waals surface area (Å²) in [7, 11) is 1.43. The summed E-state index contributed by atoms with van der Waals surface area (Å²) in [4.78, 5) is 22.8. The van der Waals surface area contributed by atoms with Crippen molar-refractivity contribution in [3.05, 3.63) is 76.1 Å². The Morgan fingerprint density at radius 3 is 2.54 bits per heavy atom. The summed E-state index contributed by atoms with van der Waals surface area (Å²) < 4.78 is 12.0. The Labute approximate surface area is 148 Å². The van der Waals surface area contributed by atoms with E-state index in [4.69, 9.17) is 9.47 Å². The van der Waals surface area contributed by atoms with E-state index in [1.54, 1.807) is 13.1 Å². The second-order valence-corrected chi connectivity index (χ2v) is 5.42. The van der Waals surface area contributed by atoms with E-state index in [9.17, 15) is 14.9 Å². The topological polar surface area (TPSA) is 96.5 Å². The van der Waals surface area contributed by atoms with Crippen LogP contribution in [0.1, 0.15) is 16.1 Å². The van der Waals surface area contributed by atoms with Crippen molar-refractivity contribution in [2.24, 2.45) is 0 Å². The molecule has 0 aliphatic carbocycles. The number of carbonyl (C=O) groups is 1. The molecule has 8 heteroatoms. The largest absolute Gasteiger partial charge is 0.493 e. The molecule has 0 aliphatic rings. The molecule has 0 fully saturated rings. The Morgan fingerprint density at radius 2 is 1.92 bits per heavy atom. The third-order valence-electron chi connectivity index (χ3n) is 3.69. The summed E-state index contributed by atoms with van der Waals surface area (Å²) in [5.41, 5.74) is 1.11. The monoisotopic (exact) mass is 353 g/mol. The lowest BCUT2D eigenvalue weighted by Gasteiger charge is -2.05. The molecule has 0 unspecified atom stereocenters. The number of nitro benzene ring substituents is 1. The van der Waals surface area contributed by atoms with E-state index in [0.717, 1.165) is 5.69 Å². The second kappa shape index (κ2) is 7.06. The van der Waals surface area contributed by atoms with Crippen molar-refractivity contribution in [3.63, 3.8) is 0 Å². The molecule has 132 valence electrons. The number of nitrogens with zero attached hydrogens (tertiary/aromatic N) is 3. The van der Waals surface area contributed by atoms with Crippen LogP contribution in [0.5, 0.6) is 11.5 Å². The number of carbonyl (C=O) groups excluding carboxylic acids is 1. The van der Waals surface area contributed by atoms with Crippen molar-refractivity contribution in [2.45, 2.75) is 6.92 Å². The van der Waals surface area contributed by atoms with Gasteiger partial charge in [0.2, 0.25) is 5.69 Å². The van der Waals surface area contributed by atoms with Gasteiger partial charge in [0.25, 0.3) is 5.69 Å². The predicted molar refractivity (Wildman–Crippen MR) is 92.9 cm³/mol. The molecule has 1 heterocycles. The highest BCUT2D eigenvalue weighted by molar-refractivity contribution is 5.92. The van der Waals surface area contributed by atoms with Crippen molar-refractivity contribution in [3.8, 4) is 17.2 Å². The molecule has 0 spiro atoms. The molecule has 0 atom stereocenters. The minimum absolute atomic E-state index is 0.00681. The Bertz CT molecular complexity index is 966. The van der Waals surface area contributed by atoms with Gasteiger partial charge in [-0.05, 0) is 31.2 Å². The normalized spacial score (nSPS) is 10.4. The second-order valence-electron chi connectivity index (χ2n) is 5.42. The van der Waals surface area contributed by atoms with Gasteiger partial charge in [-0.2, -0.15) is 5.10 Å². The van der Waals surface area contributed by atoms with Gasteiger partial charge < -0.3 is 9.47 Å². The lowest BCUT2D eigenvalue weighted by atomic mass is 10.2. The van der Waals surface area contributed by atoms with Crippen LogP contribution in [0.25, 0.3) is 5.69 Å². The maximum Gasteiger partial charge on any atom is 0.368 e. The molecule has 3 aromatic rings. The van der Waals surface area contributed by atoms with Gasteiger partial charge in [0.1, 0.15) is 5.75 Å². The number of methoxy groups -OCH3 is 1. The Balaban J connectivity index is 1.87. The average molecular weight is 353 g/mol. The van der Waals surface area contributed by atoms with Crippen LogP contribution in [0.3, 0.4) is 0 Å². The number of hydrogen-bond donors (Lipinski definition) is 0. The Kier molecular flexibility index (Phi) is 4.66. The first-order valence-electron chi connectivity index (χ1n) is 7.66. The third-order valence-corrected chi connectivity index (χ3v) is 3.69. The molecule has 2 aromatic carbocycles. The van der Waals surface area contributed by atoms with Crippen molar-refractivity contribution in [1.82, 2.24) is 9.78 Å². The molecule has 1 aromatic heterocycles. The van der Waals surface area contributed by atoms with E-state index >= 15 is 0 Å². The van der Waals surface area contributed by atoms with Gasteiger partial charge in [-0.25, -0.2) is 9.48 Å². The molecule has 3 rings (SSSR count). The summed E-state index contributed by atoms with van der Waals surface area (Å²) in [6.45, 7) is 1.57. The first-order chi connectivity index (χ1) is 12.5. The van der Waals surface area contributed by atoms with Crippen LogP contribution in [-0.4, -0.2) is 27.8 Å². The number of hydrogen-bond acceptors (Lipinski definition) is 6. The number of rotatable bonds is 5. The van der Waals surface area contributed by atoms with Gasteiger partial charge in [-0.1, -0.05) is 18.2 Å². The minimum Gasteiger partial charge on any atom is -0.493 e. The van der Waals surface area contributed by atoms with Gasteiger partial charge in [-0.3, -0.25) is 10.1 Å². The lowest BCUT2D eigenvalue weighted by Crippen LogP contribution is -2.11. The molecule has 0 radical (unpaired) electrons. The van der Waals surface area contributed by atoms with Crippen molar-refractivity contribution >= 4 is 11.7 Å². The summed E-state index contributed by atoms with van der Waals surface area (Å²) >= 11 is 0. The van der Waals surface area contributed by atoms with E-state index < -0.39 is 10.9 Å². The number of aryl methyl sites for hydroxylation is 1. The van der Waals surface area contributed by atoms with Crippen LogP contribution < -0.4 is 9.47 Å². The maximum atomic E-state index is 12.5. The van der Waals surface area contributed by atoms with E-state index in [0.29, 0.717) is 5.56 Å².